The number of aliphatic hydroxyl groups is 1. The number of hydrogen-bond donors (Lipinski definition) is 1. The molecule has 0 aliphatic heterocycles. The van der Waals surface area contributed by atoms with Crippen molar-refractivity contribution in [3.05, 3.63) is 41.2 Å². The summed E-state index contributed by atoms with van der Waals surface area (Å²) in [5.74, 6) is 1.28. The van der Waals surface area contributed by atoms with Gasteiger partial charge in [0.15, 0.2) is 0 Å². The van der Waals surface area contributed by atoms with Crippen molar-refractivity contribution in [2.24, 2.45) is 7.05 Å². The van der Waals surface area contributed by atoms with Crippen molar-refractivity contribution in [2.75, 3.05) is 14.2 Å². The van der Waals surface area contributed by atoms with E-state index in [4.69, 9.17) is 9.47 Å². The van der Waals surface area contributed by atoms with Gasteiger partial charge in [-0.25, -0.2) is 0 Å². The topological polar surface area (TPSA) is 56.5 Å². The zero-order valence-corrected chi connectivity index (χ0v) is 11.5. The van der Waals surface area contributed by atoms with E-state index < -0.39 is 6.10 Å². The molecule has 0 radical (unpaired) electrons. The largest absolute Gasteiger partial charge is 0.497 e. The molecule has 1 aromatic heterocycles. The molecule has 2 rings (SSSR count). The van der Waals surface area contributed by atoms with Crippen LogP contribution in [0.15, 0.2) is 24.4 Å². The van der Waals surface area contributed by atoms with Crippen LogP contribution >= 0.6 is 0 Å². The van der Waals surface area contributed by atoms with Crippen molar-refractivity contribution in [3.8, 4) is 11.5 Å². The number of aromatic nitrogens is 2. The molecule has 0 bridgehead atoms. The first-order valence-corrected chi connectivity index (χ1v) is 5.97. The highest BCUT2D eigenvalue weighted by Gasteiger charge is 2.20. The van der Waals surface area contributed by atoms with Gasteiger partial charge in [0.2, 0.25) is 0 Å². The summed E-state index contributed by atoms with van der Waals surface area (Å²) in [5.41, 5.74) is 2.38. The van der Waals surface area contributed by atoms with Crippen molar-refractivity contribution >= 4 is 0 Å². The van der Waals surface area contributed by atoms with E-state index in [1.165, 1.54) is 0 Å². The highest BCUT2D eigenvalue weighted by molar-refractivity contribution is 5.45. The van der Waals surface area contributed by atoms with Crippen LogP contribution in [0.1, 0.15) is 22.9 Å². The molecule has 0 amide bonds. The highest BCUT2D eigenvalue weighted by Crippen LogP contribution is 2.33. The van der Waals surface area contributed by atoms with Crippen LogP contribution in [0.2, 0.25) is 0 Å². The van der Waals surface area contributed by atoms with Crippen molar-refractivity contribution in [2.45, 2.75) is 13.0 Å². The number of aryl methyl sites for hydroxylation is 1. The SMILES string of the molecule is COc1ccc(C(O)c2cnn(C)c2C)c(OC)c1. The molecule has 5 heteroatoms. The Kier molecular flexibility index (Phi) is 3.76. The summed E-state index contributed by atoms with van der Waals surface area (Å²) < 4.78 is 12.2. The summed E-state index contributed by atoms with van der Waals surface area (Å²) in [6.45, 7) is 1.92. The zero-order chi connectivity index (χ0) is 14.0. The third-order valence-electron chi connectivity index (χ3n) is 3.30. The predicted octanol–water partition coefficient (Wildman–Crippen LogP) is 1.83. The lowest BCUT2D eigenvalue weighted by Gasteiger charge is -2.15. The van der Waals surface area contributed by atoms with Gasteiger partial charge < -0.3 is 14.6 Å². The van der Waals surface area contributed by atoms with Gasteiger partial charge in [-0.05, 0) is 19.1 Å². The van der Waals surface area contributed by atoms with Gasteiger partial charge in [0.1, 0.15) is 17.6 Å². The number of aliphatic hydroxyl groups excluding tert-OH is 1. The van der Waals surface area contributed by atoms with E-state index in [0.29, 0.717) is 17.1 Å². The maximum atomic E-state index is 10.5. The Morgan fingerprint density at radius 3 is 2.47 bits per heavy atom. The van der Waals surface area contributed by atoms with E-state index in [2.05, 4.69) is 5.10 Å². The van der Waals surface area contributed by atoms with Crippen LogP contribution in [0.25, 0.3) is 0 Å². The molecule has 19 heavy (non-hydrogen) atoms. The van der Waals surface area contributed by atoms with Gasteiger partial charge in [0.05, 0.1) is 20.4 Å². The van der Waals surface area contributed by atoms with Gasteiger partial charge in [0, 0.05) is 29.9 Å². The first kappa shape index (κ1) is 13.4. The molecular formula is C14H18N2O3. The van der Waals surface area contributed by atoms with E-state index >= 15 is 0 Å². The molecule has 1 aromatic carbocycles. The average Bonchev–Trinajstić information content (AvgIpc) is 2.77. The third kappa shape index (κ3) is 2.42. The fourth-order valence-corrected chi connectivity index (χ4v) is 2.00. The molecule has 1 N–H and O–H groups in total. The van der Waals surface area contributed by atoms with E-state index in [-0.39, 0.29) is 0 Å². The Hall–Kier alpha value is -2.01. The minimum Gasteiger partial charge on any atom is -0.497 e. The molecule has 2 aromatic rings. The lowest BCUT2D eigenvalue weighted by atomic mass is 10.0. The fourth-order valence-electron chi connectivity index (χ4n) is 2.00. The van der Waals surface area contributed by atoms with Crippen LogP contribution in [-0.2, 0) is 7.05 Å². The number of benzene rings is 1. The van der Waals surface area contributed by atoms with Crippen LogP contribution < -0.4 is 9.47 Å². The number of methoxy groups -OCH3 is 2. The minimum absolute atomic E-state index is 0.593. The zero-order valence-electron chi connectivity index (χ0n) is 11.5. The number of ether oxygens (including phenoxy) is 2. The van der Waals surface area contributed by atoms with Gasteiger partial charge in [-0.15, -0.1) is 0 Å². The van der Waals surface area contributed by atoms with Crippen molar-refractivity contribution in [3.63, 3.8) is 0 Å². The maximum Gasteiger partial charge on any atom is 0.128 e. The summed E-state index contributed by atoms with van der Waals surface area (Å²) in [4.78, 5) is 0. The van der Waals surface area contributed by atoms with Gasteiger partial charge in [-0.2, -0.15) is 5.10 Å². The van der Waals surface area contributed by atoms with E-state index in [1.54, 1.807) is 43.3 Å². The third-order valence-corrected chi connectivity index (χ3v) is 3.30. The van der Waals surface area contributed by atoms with E-state index in [1.807, 2.05) is 14.0 Å². The van der Waals surface area contributed by atoms with Gasteiger partial charge in [-0.1, -0.05) is 0 Å². The Balaban J connectivity index is 2.43. The number of nitrogens with zero attached hydrogens (tertiary/aromatic N) is 2. The van der Waals surface area contributed by atoms with Crippen LogP contribution in [0.4, 0.5) is 0 Å². The maximum absolute atomic E-state index is 10.5. The molecule has 1 heterocycles. The normalized spacial score (nSPS) is 12.3. The Morgan fingerprint density at radius 1 is 1.21 bits per heavy atom. The standard InChI is InChI=1S/C14H18N2O3/c1-9-12(8-15-16(9)2)14(17)11-6-5-10(18-3)7-13(11)19-4/h5-8,14,17H,1-4H3. The molecule has 0 fully saturated rings. The molecule has 1 atom stereocenters. The molecule has 0 aliphatic rings. The molecule has 0 spiro atoms. The molecular weight excluding hydrogens is 244 g/mol. The molecule has 0 saturated heterocycles. The van der Waals surface area contributed by atoms with Crippen molar-refractivity contribution in [1.82, 2.24) is 9.78 Å². The molecule has 0 saturated carbocycles. The molecule has 5 nitrogen and oxygen atoms in total. The van der Waals surface area contributed by atoms with Gasteiger partial charge in [0.25, 0.3) is 0 Å². The predicted molar refractivity (Wildman–Crippen MR) is 71.6 cm³/mol. The molecule has 1 unspecified atom stereocenters. The first-order chi connectivity index (χ1) is 9.08. The molecule has 102 valence electrons. The van der Waals surface area contributed by atoms with Gasteiger partial charge >= 0.3 is 0 Å². The quantitative estimate of drug-likeness (QED) is 0.913. The summed E-state index contributed by atoms with van der Waals surface area (Å²) >= 11 is 0. The summed E-state index contributed by atoms with van der Waals surface area (Å²) in [6, 6.07) is 5.35. The lowest BCUT2D eigenvalue weighted by molar-refractivity contribution is 0.213. The van der Waals surface area contributed by atoms with E-state index in [0.717, 1.165) is 11.3 Å². The van der Waals surface area contributed by atoms with Crippen LogP contribution in [-0.4, -0.2) is 29.1 Å². The average molecular weight is 262 g/mol. The lowest BCUT2D eigenvalue weighted by Crippen LogP contribution is -2.04. The van der Waals surface area contributed by atoms with Crippen LogP contribution in [0.5, 0.6) is 11.5 Å². The fraction of sp³-hybridized carbons (Fsp3) is 0.357. The second-order valence-corrected chi connectivity index (χ2v) is 4.32. The van der Waals surface area contributed by atoms with Gasteiger partial charge in [-0.3, -0.25) is 4.68 Å². The van der Waals surface area contributed by atoms with Crippen molar-refractivity contribution < 1.29 is 14.6 Å². The van der Waals surface area contributed by atoms with Crippen LogP contribution in [0, 0.1) is 6.92 Å². The minimum atomic E-state index is -0.769. The monoisotopic (exact) mass is 262 g/mol. The smallest absolute Gasteiger partial charge is 0.128 e. The van der Waals surface area contributed by atoms with Crippen molar-refractivity contribution in [1.29, 1.82) is 0 Å². The summed E-state index contributed by atoms with van der Waals surface area (Å²) in [7, 11) is 5.01. The second-order valence-electron chi connectivity index (χ2n) is 4.32. The number of hydrogen-bond acceptors (Lipinski definition) is 4. The second kappa shape index (κ2) is 5.32. The summed E-state index contributed by atoms with van der Waals surface area (Å²) in [5, 5.41) is 14.6. The Labute approximate surface area is 112 Å². The summed E-state index contributed by atoms with van der Waals surface area (Å²) in [6.07, 6.45) is 0.901. The Bertz CT molecular complexity index is 578. The Morgan fingerprint density at radius 2 is 1.95 bits per heavy atom. The first-order valence-electron chi connectivity index (χ1n) is 5.97. The molecule has 0 aliphatic carbocycles. The highest BCUT2D eigenvalue weighted by atomic mass is 16.5. The van der Waals surface area contributed by atoms with E-state index in [9.17, 15) is 5.11 Å². The van der Waals surface area contributed by atoms with Crippen LogP contribution in [0.3, 0.4) is 0 Å². The number of rotatable bonds is 4.